The molecule has 0 bridgehead atoms. The van der Waals surface area contributed by atoms with Crippen LogP contribution in [0.3, 0.4) is 0 Å². The van der Waals surface area contributed by atoms with Crippen molar-refractivity contribution in [3.05, 3.63) is 54.0 Å². The van der Waals surface area contributed by atoms with Crippen LogP contribution in [0.5, 0.6) is 0 Å². The van der Waals surface area contributed by atoms with Gasteiger partial charge in [0.25, 0.3) is 5.91 Å². The van der Waals surface area contributed by atoms with Gasteiger partial charge in [0.05, 0.1) is 13.2 Å². The van der Waals surface area contributed by atoms with Crippen molar-refractivity contribution in [2.24, 2.45) is 0 Å². The Morgan fingerprint density at radius 3 is 2.70 bits per heavy atom. The van der Waals surface area contributed by atoms with Crippen LogP contribution in [-0.2, 0) is 4.74 Å². The number of anilines is 1. The highest BCUT2D eigenvalue weighted by Gasteiger charge is 2.20. The quantitative estimate of drug-likeness (QED) is 0.936. The first kappa shape index (κ1) is 15.4. The van der Waals surface area contributed by atoms with Gasteiger partial charge in [0.2, 0.25) is 0 Å². The van der Waals surface area contributed by atoms with Crippen LogP contribution >= 0.6 is 0 Å². The summed E-state index contributed by atoms with van der Waals surface area (Å²) in [5.41, 5.74) is 1.57. The van der Waals surface area contributed by atoms with Crippen molar-refractivity contribution in [2.45, 2.75) is 13.0 Å². The van der Waals surface area contributed by atoms with E-state index in [4.69, 9.17) is 4.74 Å². The second kappa shape index (κ2) is 7.19. The maximum absolute atomic E-state index is 12.5. The highest BCUT2D eigenvalue weighted by atomic mass is 16.5. The van der Waals surface area contributed by atoms with Gasteiger partial charge in [-0.15, -0.1) is 0 Å². The van der Waals surface area contributed by atoms with Crippen LogP contribution in [-0.4, -0.2) is 47.1 Å². The number of hydrogen-bond acceptors (Lipinski definition) is 5. The topological polar surface area (TPSA) is 67.4 Å². The molecule has 1 aliphatic rings. The summed E-state index contributed by atoms with van der Waals surface area (Å²) in [6.07, 6.45) is 1.42. The molecule has 1 fully saturated rings. The number of amides is 1. The lowest BCUT2D eigenvalue weighted by Gasteiger charge is -2.26. The molecule has 1 atom stereocenters. The number of ether oxygens (including phenoxy) is 1. The van der Waals surface area contributed by atoms with Gasteiger partial charge in [-0.25, -0.2) is 9.97 Å². The molecule has 0 saturated carbocycles. The number of morpholine rings is 1. The molecule has 1 aromatic heterocycles. The summed E-state index contributed by atoms with van der Waals surface area (Å²) in [4.78, 5) is 22.5. The van der Waals surface area contributed by atoms with Crippen molar-refractivity contribution in [1.29, 1.82) is 0 Å². The number of nitrogens with zero attached hydrogens (tertiary/aromatic N) is 3. The number of rotatable bonds is 4. The molecule has 0 aliphatic carbocycles. The second-order valence-electron chi connectivity index (χ2n) is 5.47. The highest BCUT2D eigenvalue weighted by Crippen LogP contribution is 2.18. The number of benzene rings is 1. The van der Waals surface area contributed by atoms with Gasteiger partial charge in [-0.1, -0.05) is 30.3 Å². The van der Waals surface area contributed by atoms with Gasteiger partial charge in [0.15, 0.2) is 0 Å². The zero-order valence-corrected chi connectivity index (χ0v) is 13.1. The summed E-state index contributed by atoms with van der Waals surface area (Å²) in [5, 5.41) is 3.31. The smallest absolute Gasteiger partial charge is 0.272 e. The predicted molar refractivity (Wildman–Crippen MR) is 87.2 cm³/mol. The minimum atomic E-state index is -0.0777. The summed E-state index contributed by atoms with van der Waals surface area (Å²) < 4.78 is 5.27. The number of nitrogens with one attached hydrogen (secondary N) is 1. The Kier molecular flexibility index (Phi) is 4.83. The fourth-order valence-corrected chi connectivity index (χ4v) is 2.53. The summed E-state index contributed by atoms with van der Waals surface area (Å²) in [6.45, 7) is 4.42. The summed E-state index contributed by atoms with van der Waals surface area (Å²) in [5.74, 6) is 0.569. The van der Waals surface area contributed by atoms with Gasteiger partial charge in [-0.3, -0.25) is 4.79 Å². The van der Waals surface area contributed by atoms with Gasteiger partial charge in [-0.05, 0) is 12.5 Å². The zero-order chi connectivity index (χ0) is 16.1. The number of hydrogen-bond donors (Lipinski definition) is 1. The Morgan fingerprint density at radius 2 is 1.96 bits per heavy atom. The Bertz CT molecular complexity index is 657. The summed E-state index contributed by atoms with van der Waals surface area (Å²) in [6, 6.07) is 11.9. The molecular weight excluding hydrogens is 292 g/mol. The molecule has 1 unspecified atom stereocenters. The standard InChI is InChI=1S/C17H20N4O2/c1-13(14-5-3-2-4-6-14)20-16-11-15(18-12-19-16)17(22)21-7-9-23-10-8-21/h2-6,11-13H,7-10H2,1H3,(H,18,19,20). The predicted octanol–water partition coefficient (Wildman–Crippen LogP) is 2.12. The van der Waals surface area contributed by atoms with Crippen molar-refractivity contribution < 1.29 is 9.53 Å². The van der Waals surface area contributed by atoms with Crippen molar-refractivity contribution in [3.8, 4) is 0 Å². The first-order chi connectivity index (χ1) is 11.2. The maximum atomic E-state index is 12.5. The van der Waals surface area contributed by atoms with Gasteiger partial charge < -0.3 is 15.0 Å². The second-order valence-corrected chi connectivity index (χ2v) is 5.47. The van der Waals surface area contributed by atoms with E-state index >= 15 is 0 Å². The van der Waals surface area contributed by atoms with Crippen molar-refractivity contribution >= 4 is 11.7 Å². The van der Waals surface area contributed by atoms with Crippen LogP contribution in [0.15, 0.2) is 42.7 Å². The van der Waals surface area contributed by atoms with E-state index in [0.29, 0.717) is 37.8 Å². The first-order valence-corrected chi connectivity index (χ1v) is 7.74. The Balaban J connectivity index is 1.71. The van der Waals surface area contributed by atoms with Gasteiger partial charge in [0.1, 0.15) is 17.8 Å². The highest BCUT2D eigenvalue weighted by molar-refractivity contribution is 5.93. The fourth-order valence-electron chi connectivity index (χ4n) is 2.53. The number of carbonyl (C=O) groups excluding carboxylic acids is 1. The first-order valence-electron chi connectivity index (χ1n) is 7.74. The Labute approximate surface area is 135 Å². The van der Waals surface area contributed by atoms with Crippen molar-refractivity contribution in [3.63, 3.8) is 0 Å². The van der Waals surface area contributed by atoms with E-state index in [1.54, 1.807) is 11.0 Å². The third-order valence-corrected chi connectivity index (χ3v) is 3.85. The minimum absolute atomic E-state index is 0.0777. The number of aromatic nitrogens is 2. The minimum Gasteiger partial charge on any atom is -0.378 e. The van der Waals surface area contributed by atoms with E-state index in [9.17, 15) is 4.79 Å². The molecule has 3 rings (SSSR count). The molecule has 6 nitrogen and oxygen atoms in total. The van der Waals surface area contributed by atoms with E-state index in [1.165, 1.54) is 6.33 Å². The largest absolute Gasteiger partial charge is 0.378 e. The molecule has 23 heavy (non-hydrogen) atoms. The molecule has 0 spiro atoms. The third-order valence-electron chi connectivity index (χ3n) is 3.85. The van der Waals surface area contributed by atoms with Crippen LogP contribution in [0.25, 0.3) is 0 Å². The molecule has 1 aromatic carbocycles. The molecule has 1 amide bonds. The van der Waals surface area contributed by atoms with E-state index in [2.05, 4.69) is 34.3 Å². The van der Waals surface area contributed by atoms with Crippen LogP contribution in [0.4, 0.5) is 5.82 Å². The lowest BCUT2D eigenvalue weighted by Crippen LogP contribution is -2.41. The summed E-state index contributed by atoms with van der Waals surface area (Å²) in [7, 11) is 0. The van der Waals surface area contributed by atoms with E-state index < -0.39 is 0 Å². The lowest BCUT2D eigenvalue weighted by atomic mass is 10.1. The van der Waals surface area contributed by atoms with Crippen LogP contribution in [0.1, 0.15) is 29.0 Å². The average molecular weight is 312 g/mol. The van der Waals surface area contributed by atoms with E-state index in [-0.39, 0.29) is 11.9 Å². The summed E-state index contributed by atoms with van der Waals surface area (Å²) >= 11 is 0. The lowest BCUT2D eigenvalue weighted by molar-refractivity contribution is 0.0299. The van der Waals surface area contributed by atoms with Crippen LogP contribution in [0.2, 0.25) is 0 Å². The van der Waals surface area contributed by atoms with E-state index in [0.717, 1.165) is 5.56 Å². The zero-order valence-electron chi connectivity index (χ0n) is 13.1. The molecule has 2 heterocycles. The molecule has 1 saturated heterocycles. The average Bonchev–Trinajstić information content (AvgIpc) is 2.63. The van der Waals surface area contributed by atoms with Crippen LogP contribution in [0, 0.1) is 0 Å². The fraction of sp³-hybridized carbons (Fsp3) is 0.353. The molecule has 2 aromatic rings. The van der Waals surface area contributed by atoms with Crippen molar-refractivity contribution in [2.75, 3.05) is 31.6 Å². The van der Waals surface area contributed by atoms with Gasteiger partial charge in [0, 0.05) is 25.2 Å². The van der Waals surface area contributed by atoms with Crippen molar-refractivity contribution in [1.82, 2.24) is 14.9 Å². The normalized spacial score (nSPS) is 16.0. The molecule has 0 radical (unpaired) electrons. The SMILES string of the molecule is CC(Nc1cc(C(=O)N2CCOCC2)ncn1)c1ccccc1. The van der Waals surface area contributed by atoms with Gasteiger partial charge >= 0.3 is 0 Å². The van der Waals surface area contributed by atoms with Gasteiger partial charge in [-0.2, -0.15) is 0 Å². The monoisotopic (exact) mass is 312 g/mol. The third kappa shape index (κ3) is 3.84. The molecular formula is C17H20N4O2. The molecule has 1 N–H and O–H groups in total. The Morgan fingerprint density at radius 1 is 1.22 bits per heavy atom. The van der Waals surface area contributed by atoms with Crippen LogP contribution < -0.4 is 5.32 Å². The number of carbonyl (C=O) groups is 1. The molecule has 1 aliphatic heterocycles. The molecule has 6 heteroatoms. The molecule has 120 valence electrons. The van der Waals surface area contributed by atoms with E-state index in [1.807, 2.05) is 18.2 Å². The maximum Gasteiger partial charge on any atom is 0.272 e. The Hall–Kier alpha value is -2.47.